The van der Waals surface area contributed by atoms with Crippen LogP contribution in [0.25, 0.3) is 0 Å². The molecule has 2 aromatic carbocycles. The Morgan fingerprint density at radius 2 is 1.95 bits per heavy atom. The number of nitrogens with two attached hydrogens (primary N) is 1. The lowest BCUT2D eigenvalue weighted by Crippen LogP contribution is -2.04. The van der Waals surface area contributed by atoms with Gasteiger partial charge in [0.05, 0.1) is 4.92 Å². The highest BCUT2D eigenvalue weighted by molar-refractivity contribution is 5.35. The highest BCUT2D eigenvalue weighted by Crippen LogP contribution is 2.20. The van der Waals surface area contributed by atoms with Crippen molar-refractivity contribution in [1.29, 1.82) is 0 Å². The summed E-state index contributed by atoms with van der Waals surface area (Å²) >= 11 is 0. The minimum atomic E-state index is -0.867. The van der Waals surface area contributed by atoms with Crippen LogP contribution < -0.4 is 10.5 Å². The Kier molecular flexibility index (Phi) is 4.49. The summed E-state index contributed by atoms with van der Waals surface area (Å²) in [5, 5.41) is 10.5. The molecule has 2 rings (SSSR count). The predicted octanol–water partition coefficient (Wildman–Crippen LogP) is 3.33. The third-order valence-corrected chi connectivity index (χ3v) is 3.02. The predicted molar refractivity (Wildman–Crippen MR) is 76.4 cm³/mol. The van der Waals surface area contributed by atoms with Gasteiger partial charge in [-0.25, -0.2) is 0 Å². The minimum Gasteiger partial charge on any atom is -0.489 e. The van der Waals surface area contributed by atoms with Crippen molar-refractivity contribution in [3.8, 4) is 5.75 Å². The Hall–Kier alpha value is -2.47. The molecule has 0 aliphatic rings. The molecule has 0 saturated carbocycles. The number of hydrogen-bond donors (Lipinski definition) is 1. The summed E-state index contributed by atoms with van der Waals surface area (Å²) in [6, 6.07) is 10.9. The van der Waals surface area contributed by atoms with Crippen LogP contribution in [0, 0.1) is 15.9 Å². The van der Waals surface area contributed by atoms with E-state index in [1.165, 1.54) is 6.07 Å². The van der Waals surface area contributed by atoms with Crippen LogP contribution in [0.3, 0.4) is 0 Å². The average molecular weight is 290 g/mol. The van der Waals surface area contributed by atoms with Crippen LogP contribution in [-0.2, 0) is 6.61 Å². The second-order valence-electron chi connectivity index (χ2n) is 4.69. The summed E-state index contributed by atoms with van der Waals surface area (Å²) in [6.45, 7) is 2.02. The van der Waals surface area contributed by atoms with Crippen molar-refractivity contribution in [1.82, 2.24) is 0 Å². The van der Waals surface area contributed by atoms with Crippen LogP contribution in [0.4, 0.5) is 10.1 Å². The maximum atomic E-state index is 13.5. The zero-order valence-electron chi connectivity index (χ0n) is 11.5. The Morgan fingerprint density at radius 3 is 2.48 bits per heavy atom. The molecule has 0 aliphatic carbocycles. The first-order chi connectivity index (χ1) is 9.97. The minimum absolute atomic E-state index is 0.0529. The van der Waals surface area contributed by atoms with Gasteiger partial charge in [0.25, 0.3) is 0 Å². The van der Waals surface area contributed by atoms with Crippen molar-refractivity contribution in [3.63, 3.8) is 0 Å². The molecule has 1 atom stereocenters. The Morgan fingerprint density at radius 1 is 1.29 bits per heavy atom. The second kappa shape index (κ2) is 6.32. The third kappa shape index (κ3) is 3.76. The monoisotopic (exact) mass is 290 g/mol. The van der Waals surface area contributed by atoms with Crippen LogP contribution in [0.2, 0.25) is 0 Å². The van der Waals surface area contributed by atoms with Crippen molar-refractivity contribution in [3.05, 3.63) is 69.5 Å². The van der Waals surface area contributed by atoms with Gasteiger partial charge in [-0.05, 0) is 42.3 Å². The normalized spacial score (nSPS) is 12.0. The number of nitro groups is 1. The van der Waals surface area contributed by atoms with Gasteiger partial charge >= 0.3 is 5.69 Å². The van der Waals surface area contributed by atoms with Crippen LogP contribution in [0.1, 0.15) is 24.1 Å². The standard InChI is InChI=1S/C15H15FN2O3/c1-10(17)12-3-5-13(6-4-12)21-9-11-2-7-15(18(19)20)14(16)8-11/h2-8,10H,9,17H2,1H3/t10-/m1/s1. The number of hydrogen-bond acceptors (Lipinski definition) is 4. The number of nitro benzene ring substituents is 1. The summed E-state index contributed by atoms with van der Waals surface area (Å²) < 4.78 is 19.0. The number of benzene rings is 2. The molecule has 0 saturated heterocycles. The van der Waals surface area contributed by atoms with Crippen LogP contribution in [0.5, 0.6) is 5.75 Å². The summed E-state index contributed by atoms with van der Waals surface area (Å²) in [6.07, 6.45) is 0. The van der Waals surface area contributed by atoms with E-state index in [1.54, 1.807) is 12.1 Å². The number of rotatable bonds is 5. The van der Waals surface area contributed by atoms with Crippen molar-refractivity contribution >= 4 is 5.69 Å². The fourth-order valence-corrected chi connectivity index (χ4v) is 1.82. The van der Waals surface area contributed by atoms with Gasteiger partial charge in [-0.3, -0.25) is 10.1 Å². The molecule has 0 spiro atoms. The first kappa shape index (κ1) is 14.9. The summed E-state index contributed by atoms with van der Waals surface area (Å²) in [5.74, 6) is -0.244. The molecular formula is C15H15FN2O3. The van der Waals surface area contributed by atoms with Crippen molar-refractivity contribution < 1.29 is 14.1 Å². The largest absolute Gasteiger partial charge is 0.489 e. The molecule has 0 bridgehead atoms. The molecule has 110 valence electrons. The summed E-state index contributed by atoms with van der Waals surface area (Å²) in [5.41, 5.74) is 6.72. The SMILES string of the molecule is C[C@@H](N)c1ccc(OCc2ccc([N+](=O)[O-])c(F)c2)cc1. The van der Waals surface area contributed by atoms with E-state index in [0.717, 1.165) is 17.7 Å². The van der Waals surface area contributed by atoms with Gasteiger partial charge in [-0.2, -0.15) is 4.39 Å². The maximum Gasteiger partial charge on any atom is 0.304 e. The fourth-order valence-electron chi connectivity index (χ4n) is 1.82. The van der Waals surface area contributed by atoms with E-state index in [9.17, 15) is 14.5 Å². The van der Waals surface area contributed by atoms with E-state index in [1.807, 2.05) is 19.1 Å². The molecule has 0 fully saturated rings. The Balaban J connectivity index is 2.03. The first-order valence-electron chi connectivity index (χ1n) is 6.38. The van der Waals surface area contributed by atoms with Crippen molar-refractivity contribution in [2.24, 2.45) is 5.73 Å². The zero-order valence-corrected chi connectivity index (χ0v) is 11.5. The molecule has 0 amide bonds. The lowest BCUT2D eigenvalue weighted by atomic mass is 10.1. The van der Waals surface area contributed by atoms with E-state index >= 15 is 0 Å². The summed E-state index contributed by atoms with van der Waals surface area (Å²) in [7, 11) is 0. The van der Waals surface area contributed by atoms with Gasteiger partial charge in [0.2, 0.25) is 5.82 Å². The molecule has 6 heteroatoms. The Bertz CT molecular complexity index is 642. The smallest absolute Gasteiger partial charge is 0.304 e. The molecular weight excluding hydrogens is 275 g/mol. The van der Waals surface area contributed by atoms with Gasteiger partial charge in [0.1, 0.15) is 12.4 Å². The quantitative estimate of drug-likeness (QED) is 0.676. The lowest BCUT2D eigenvalue weighted by Gasteiger charge is -2.09. The van der Waals surface area contributed by atoms with E-state index in [4.69, 9.17) is 10.5 Å². The van der Waals surface area contributed by atoms with Gasteiger partial charge in [-0.1, -0.05) is 12.1 Å². The molecule has 2 aromatic rings. The molecule has 0 aliphatic heterocycles. The molecule has 0 heterocycles. The van der Waals surface area contributed by atoms with Gasteiger partial charge in [0, 0.05) is 12.1 Å². The van der Waals surface area contributed by atoms with Gasteiger partial charge < -0.3 is 10.5 Å². The highest BCUT2D eigenvalue weighted by atomic mass is 19.1. The Labute approximate surface area is 121 Å². The maximum absolute atomic E-state index is 13.5. The zero-order chi connectivity index (χ0) is 15.4. The number of ether oxygens (including phenoxy) is 1. The molecule has 0 aromatic heterocycles. The molecule has 0 unspecified atom stereocenters. The van der Waals surface area contributed by atoms with Crippen LogP contribution in [0.15, 0.2) is 42.5 Å². The van der Waals surface area contributed by atoms with E-state index < -0.39 is 16.4 Å². The lowest BCUT2D eigenvalue weighted by molar-refractivity contribution is -0.387. The second-order valence-corrected chi connectivity index (χ2v) is 4.69. The summed E-state index contributed by atoms with van der Waals surface area (Å²) in [4.78, 5) is 9.77. The molecule has 0 radical (unpaired) electrons. The third-order valence-electron chi connectivity index (χ3n) is 3.02. The number of nitrogens with zero attached hydrogens (tertiary/aromatic N) is 1. The molecule has 21 heavy (non-hydrogen) atoms. The number of halogens is 1. The van der Waals surface area contributed by atoms with Crippen LogP contribution >= 0.6 is 0 Å². The fraction of sp³-hybridized carbons (Fsp3) is 0.200. The van der Waals surface area contributed by atoms with E-state index in [2.05, 4.69) is 0 Å². The van der Waals surface area contributed by atoms with Gasteiger partial charge in [0.15, 0.2) is 0 Å². The topological polar surface area (TPSA) is 78.4 Å². The average Bonchev–Trinajstić information content (AvgIpc) is 2.45. The van der Waals surface area contributed by atoms with Crippen molar-refractivity contribution in [2.45, 2.75) is 19.6 Å². The first-order valence-corrected chi connectivity index (χ1v) is 6.38. The van der Waals surface area contributed by atoms with E-state index in [0.29, 0.717) is 11.3 Å². The van der Waals surface area contributed by atoms with Crippen molar-refractivity contribution in [2.75, 3.05) is 0 Å². The molecule has 2 N–H and O–H groups in total. The molecule has 5 nitrogen and oxygen atoms in total. The van der Waals surface area contributed by atoms with E-state index in [-0.39, 0.29) is 12.6 Å². The van der Waals surface area contributed by atoms with Gasteiger partial charge in [-0.15, -0.1) is 0 Å². The highest BCUT2D eigenvalue weighted by Gasteiger charge is 2.13. The van der Waals surface area contributed by atoms with Crippen LogP contribution in [-0.4, -0.2) is 4.92 Å².